The average molecular weight is 346 g/mol. The average Bonchev–Trinajstić information content (AvgIpc) is 2.66. The molecule has 1 aliphatic rings. The number of hydrogen-bond donors (Lipinski definition) is 0. The molecule has 1 fully saturated rings. The molecule has 1 aromatic rings. The molecule has 1 aromatic carbocycles. The predicted octanol–water partition coefficient (Wildman–Crippen LogP) is 2.95. The van der Waals surface area contributed by atoms with Crippen LogP contribution in [-0.4, -0.2) is 54.4 Å². The lowest BCUT2D eigenvalue weighted by molar-refractivity contribution is -0.141. The number of benzene rings is 1. The van der Waals surface area contributed by atoms with Crippen molar-refractivity contribution in [1.29, 1.82) is 0 Å². The molecular formula is C20H30N2O3. The summed E-state index contributed by atoms with van der Waals surface area (Å²) in [4.78, 5) is 28.8. The minimum Gasteiger partial charge on any atom is -0.484 e. The first-order valence-electron chi connectivity index (χ1n) is 9.40. The molecule has 1 aliphatic heterocycles. The van der Waals surface area contributed by atoms with Crippen molar-refractivity contribution < 1.29 is 14.3 Å². The molecule has 138 valence electrons. The second-order valence-corrected chi connectivity index (χ2v) is 6.58. The van der Waals surface area contributed by atoms with Gasteiger partial charge in [0.2, 0.25) is 5.91 Å². The van der Waals surface area contributed by atoms with Crippen molar-refractivity contribution in [3.8, 4) is 5.75 Å². The Balaban J connectivity index is 1.78. The SMILES string of the molecule is CCCN(CCC)C(=O)C1CCN(C(=O)COc2ccccc2)CC1. The van der Waals surface area contributed by atoms with Crippen LogP contribution in [0, 0.1) is 5.92 Å². The first-order chi connectivity index (χ1) is 12.2. The maximum Gasteiger partial charge on any atom is 0.260 e. The van der Waals surface area contributed by atoms with E-state index >= 15 is 0 Å². The van der Waals surface area contributed by atoms with Gasteiger partial charge in [-0.25, -0.2) is 0 Å². The largest absolute Gasteiger partial charge is 0.484 e. The number of amides is 2. The fraction of sp³-hybridized carbons (Fsp3) is 0.600. The van der Waals surface area contributed by atoms with E-state index in [1.165, 1.54) is 0 Å². The van der Waals surface area contributed by atoms with Crippen LogP contribution in [0.2, 0.25) is 0 Å². The molecule has 5 nitrogen and oxygen atoms in total. The van der Waals surface area contributed by atoms with E-state index in [1.807, 2.05) is 40.1 Å². The first-order valence-corrected chi connectivity index (χ1v) is 9.40. The van der Waals surface area contributed by atoms with Crippen LogP contribution in [0.5, 0.6) is 5.75 Å². The molecule has 0 bridgehead atoms. The van der Waals surface area contributed by atoms with Crippen molar-refractivity contribution in [2.75, 3.05) is 32.8 Å². The third-order valence-corrected chi connectivity index (χ3v) is 4.60. The Bertz CT molecular complexity index is 533. The summed E-state index contributed by atoms with van der Waals surface area (Å²) in [5, 5.41) is 0. The number of rotatable bonds is 8. The summed E-state index contributed by atoms with van der Waals surface area (Å²) in [6.07, 6.45) is 3.47. The lowest BCUT2D eigenvalue weighted by Crippen LogP contribution is -2.46. The van der Waals surface area contributed by atoms with Crippen molar-refractivity contribution in [2.45, 2.75) is 39.5 Å². The predicted molar refractivity (Wildman–Crippen MR) is 98.4 cm³/mol. The van der Waals surface area contributed by atoms with Gasteiger partial charge in [0.05, 0.1) is 0 Å². The van der Waals surface area contributed by atoms with Crippen molar-refractivity contribution in [2.24, 2.45) is 5.92 Å². The highest BCUT2D eigenvalue weighted by molar-refractivity contribution is 5.80. The molecule has 25 heavy (non-hydrogen) atoms. The quantitative estimate of drug-likeness (QED) is 0.727. The van der Waals surface area contributed by atoms with Crippen LogP contribution in [0.1, 0.15) is 39.5 Å². The zero-order chi connectivity index (χ0) is 18.1. The highest BCUT2D eigenvalue weighted by Gasteiger charge is 2.29. The Morgan fingerprint density at radius 1 is 1.08 bits per heavy atom. The van der Waals surface area contributed by atoms with Crippen LogP contribution in [0.15, 0.2) is 30.3 Å². The number of para-hydroxylation sites is 1. The lowest BCUT2D eigenvalue weighted by Gasteiger charge is -2.34. The van der Waals surface area contributed by atoms with E-state index in [2.05, 4.69) is 13.8 Å². The molecule has 0 aromatic heterocycles. The van der Waals surface area contributed by atoms with E-state index in [0.29, 0.717) is 18.8 Å². The molecular weight excluding hydrogens is 316 g/mol. The fourth-order valence-electron chi connectivity index (χ4n) is 3.26. The molecule has 0 atom stereocenters. The van der Waals surface area contributed by atoms with E-state index in [9.17, 15) is 9.59 Å². The number of piperidine rings is 1. The summed E-state index contributed by atoms with van der Waals surface area (Å²) in [5.41, 5.74) is 0. The van der Waals surface area contributed by atoms with E-state index in [1.54, 1.807) is 0 Å². The molecule has 5 heteroatoms. The first kappa shape index (κ1) is 19.3. The molecule has 0 aliphatic carbocycles. The highest BCUT2D eigenvalue weighted by Crippen LogP contribution is 2.20. The monoisotopic (exact) mass is 346 g/mol. The minimum absolute atomic E-state index is 0.00581. The number of nitrogens with zero attached hydrogens (tertiary/aromatic N) is 2. The summed E-state index contributed by atoms with van der Waals surface area (Å²) in [6.45, 7) is 7.20. The van der Waals surface area contributed by atoms with Crippen LogP contribution < -0.4 is 4.74 Å². The van der Waals surface area contributed by atoms with E-state index in [0.717, 1.165) is 38.8 Å². The maximum absolute atomic E-state index is 12.7. The van der Waals surface area contributed by atoms with E-state index in [4.69, 9.17) is 4.74 Å². The molecule has 0 saturated carbocycles. The van der Waals surface area contributed by atoms with Gasteiger partial charge in [-0.15, -0.1) is 0 Å². The summed E-state index contributed by atoms with van der Waals surface area (Å²) in [5.74, 6) is 1.01. The van der Waals surface area contributed by atoms with Gasteiger partial charge in [0.15, 0.2) is 6.61 Å². The molecule has 2 rings (SSSR count). The van der Waals surface area contributed by atoms with Gasteiger partial charge in [0.1, 0.15) is 5.75 Å². The number of carbonyl (C=O) groups excluding carboxylic acids is 2. The van der Waals surface area contributed by atoms with Gasteiger partial charge >= 0.3 is 0 Å². The number of hydrogen-bond acceptors (Lipinski definition) is 3. The Kier molecular flexibility index (Phi) is 7.76. The number of ether oxygens (including phenoxy) is 1. The number of likely N-dealkylation sites (tertiary alicyclic amines) is 1. The van der Waals surface area contributed by atoms with Gasteiger partial charge in [0, 0.05) is 32.1 Å². The Labute approximate surface area is 150 Å². The second-order valence-electron chi connectivity index (χ2n) is 6.58. The van der Waals surface area contributed by atoms with E-state index < -0.39 is 0 Å². The minimum atomic E-state index is -0.00581. The van der Waals surface area contributed by atoms with Gasteiger partial charge < -0.3 is 14.5 Å². The van der Waals surface area contributed by atoms with Crippen LogP contribution in [0.3, 0.4) is 0 Å². The van der Waals surface area contributed by atoms with E-state index in [-0.39, 0.29) is 24.3 Å². The summed E-state index contributed by atoms with van der Waals surface area (Å²) >= 11 is 0. The highest BCUT2D eigenvalue weighted by atomic mass is 16.5. The zero-order valence-corrected chi connectivity index (χ0v) is 15.4. The summed E-state index contributed by atoms with van der Waals surface area (Å²) in [7, 11) is 0. The van der Waals surface area contributed by atoms with Gasteiger partial charge in [-0.1, -0.05) is 32.0 Å². The standard InChI is InChI=1S/C20H30N2O3/c1-3-12-22(13-4-2)20(24)17-10-14-21(15-11-17)19(23)16-25-18-8-6-5-7-9-18/h5-9,17H,3-4,10-16H2,1-2H3. The van der Waals surface area contributed by atoms with Crippen molar-refractivity contribution >= 4 is 11.8 Å². The maximum atomic E-state index is 12.7. The Morgan fingerprint density at radius 2 is 1.68 bits per heavy atom. The van der Waals surface area contributed by atoms with Crippen molar-refractivity contribution in [3.63, 3.8) is 0 Å². The Morgan fingerprint density at radius 3 is 2.24 bits per heavy atom. The topological polar surface area (TPSA) is 49.9 Å². The summed E-state index contributed by atoms with van der Waals surface area (Å²) < 4.78 is 5.53. The van der Waals surface area contributed by atoms with Crippen LogP contribution in [-0.2, 0) is 9.59 Å². The third-order valence-electron chi connectivity index (χ3n) is 4.60. The van der Waals surface area contributed by atoms with Gasteiger partial charge in [-0.3, -0.25) is 9.59 Å². The molecule has 0 radical (unpaired) electrons. The Hall–Kier alpha value is -2.04. The second kappa shape index (κ2) is 10.1. The van der Waals surface area contributed by atoms with Crippen molar-refractivity contribution in [1.82, 2.24) is 9.80 Å². The van der Waals surface area contributed by atoms with Crippen LogP contribution in [0.25, 0.3) is 0 Å². The summed E-state index contributed by atoms with van der Waals surface area (Å²) in [6, 6.07) is 9.36. The van der Waals surface area contributed by atoms with Gasteiger partial charge in [-0.05, 0) is 37.8 Å². The normalized spacial score (nSPS) is 15.0. The van der Waals surface area contributed by atoms with Gasteiger partial charge in [-0.2, -0.15) is 0 Å². The van der Waals surface area contributed by atoms with Crippen LogP contribution in [0.4, 0.5) is 0 Å². The molecule has 1 saturated heterocycles. The fourth-order valence-corrected chi connectivity index (χ4v) is 3.26. The molecule has 2 amide bonds. The zero-order valence-electron chi connectivity index (χ0n) is 15.4. The smallest absolute Gasteiger partial charge is 0.260 e. The lowest BCUT2D eigenvalue weighted by atomic mass is 9.95. The number of carbonyl (C=O) groups is 2. The third kappa shape index (κ3) is 5.76. The molecule has 0 unspecified atom stereocenters. The van der Waals surface area contributed by atoms with Crippen molar-refractivity contribution in [3.05, 3.63) is 30.3 Å². The molecule has 1 heterocycles. The molecule has 0 N–H and O–H groups in total. The molecule has 0 spiro atoms. The van der Waals surface area contributed by atoms with Gasteiger partial charge in [0.25, 0.3) is 5.91 Å². The van der Waals surface area contributed by atoms with Crippen LogP contribution >= 0.6 is 0 Å².